The van der Waals surface area contributed by atoms with Gasteiger partial charge >= 0.3 is 15.2 Å². The molecule has 2 atom stereocenters. The minimum Gasteiger partial charge on any atom is -0.368 e. The highest BCUT2D eigenvalue weighted by atomic mass is 31.2. The molecule has 2 N–H and O–H groups in total. The molecule has 0 amide bonds. The molecule has 52 heavy (non-hydrogen) atoms. The fourth-order valence-electron chi connectivity index (χ4n) is 5.51. The maximum absolute atomic E-state index is 14.4. The minimum atomic E-state index is -3.57. The molecule has 282 valence electrons. The summed E-state index contributed by atoms with van der Waals surface area (Å²) in [5.41, 5.74) is 5.34. The number of hydrogen-bond acceptors (Lipinski definition) is 8. The summed E-state index contributed by atoms with van der Waals surface area (Å²) < 4.78 is 53.1. The summed E-state index contributed by atoms with van der Waals surface area (Å²) in [6.45, 7) is 9.82. The molecule has 10 heteroatoms. The van der Waals surface area contributed by atoms with Gasteiger partial charge in [-0.25, -0.2) is 0 Å². The van der Waals surface area contributed by atoms with Crippen molar-refractivity contribution in [1.29, 1.82) is 0 Å². The second-order valence-electron chi connectivity index (χ2n) is 12.9. The van der Waals surface area contributed by atoms with Crippen molar-refractivity contribution in [2.75, 3.05) is 37.1 Å². The average Bonchev–Trinajstić information content (AvgIpc) is 3.17. The molecule has 0 aliphatic carbocycles. The van der Waals surface area contributed by atoms with Crippen molar-refractivity contribution in [2.45, 2.75) is 90.6 Å². The van der Waals surface area contributed by atoms with E-state index in [0.717, 1.165) is 85.0 Å². The van der Waals surface area contributed by atoms with Gasteiger partial charge in [0.25, 0.3) is 0 Å². The van der Waals surface area contributed by atoms with Crippen molar-refractivity contribution >= 4 is 26.6 Å². The average molecular weight is 749 g/mol. The largest absolute Gasteiger partial charge is 0.368 e. The van der Waals surface area contributed by atoms with Gasteiger partial charge in [0.2, 0.25) is 0 Å². The Morgan fingerprint density at radius 2 is 0.731 bits per heavy atom. The summed E-state index contributed by atoms with van der Waals surface area (Å²) in [7, 11) is -7.14. The predicted octanol–water partition coefficient (Wildman–Crippen LogP) is 13.2. The Morgan fingerprint density at radius 3 is 1.00 bits per heavy atom. The molecular weight excluding hydrogens is 690 g/mol. The van der Waals surface area contributed by atoms with Gasteiger partial charge in [0.15, 0.2) is 11.6 Å². The summed E-state index contributed by atoms with van der Waals surface area (Å²) in [5.74, 6) is -1.33. The first-order chi connectivity index (χ1) is 25.4. The fraction of sp³-hybridized carbons (Fsp3) is 0.429. The molecule has 0 heterocycles. The van der Waals surface area contributed by atoms with E-state index in [4.69, 9.17) is 18.1 Å². The zero-order valence-corrected chi connectivity index (χ0v) is 33.2. The lowest BCUT2D eigenvalue weighted by molar-refractivity contribution is 0.193. The van der Waals surface area contributed by atoms with Crippen LogP contribution in [0.5, 0.6) is 0 Å². The first-order valence-electron chi connectivity index (χ1n) is 19.0. The predicted molar refractivity (Wildman–Crippen MR) is 216 cm³/mol. The molecule has 4 aromatic rings. The lowest BCUT2D eigenvalue weighted by Gasteiger charge is -2.29. The van der Waals surface area contributed by atoms with Gasteiger partial charge in [-0.15, -0.1) is 0 Å². The number of nitrogens with one attached hydrogen (secondary N) is 2. The Hall–Kier alpha value is -3.22. The lowest BCUT2D eigenvalue weighted by atomic mass is 10.0. The highest BCUT2D eigenvalue weighted by Crippen LogP contribution is 2.62. The second kappa shape index (κ2) is 22.1. The van der Waals surface area contributed by atoms with Crippen molar-refractivity contribution in [1.82, 2.24) is 0 Å². The molecular formula is C42H58N2O6P2. The van der Waals surface area contributed by atoms with Crippen LogP contribution in [-0.4, -0.2) is 26.4 Å². The Bertz CT molecular complexity index is 1500. The van der Waals surface area contributed by atoms with Gasteiger partial charge in [-0.3, -0.25) is 9.13 Å². The van der Waals surface area contributed by atoms with Gasteiger partial charge in [-0.1, -0.05) is 138 Å². The molecule has 2 unspecified atom stereocenters. The van der Waals surface area contributed by atoms with Crippen LogP contribution in [0.25, 0.3) is 11.1 Å². The third-order valence-corrected chi connectivity index (χ3v) is 12.9. The van der Waals surface area contributed by atoms with Gasteiger partial charge in [0.1, 0.15) is 0 Å². The molecule has 0 aliphatic heterocycles. The molecule has 0 saturated carbocycles. The van der Waals surface area contributed by atoms with E-state index >= 15 is 0 Å². The quantitative estimate of drug-likeness (QED) is 0.0511. The lowest BCUT2D eigenvalue weighted by Crippen LogP contribution is -2.16. The summed E-state index contributed by atoms with van der Waals surface area (Å²) in [4.78, 5) is 0. The molecule has 0 spiro atoms. The van der Waals surface area contributed by atoms with E-state index in [2.05, 4.69) is 38.3 Å². The summed E-state index contributed by atoms with van der Waals surface area (Å²) in [6, 6.07) is 35.6. The van der Waals surface area contributed by atoms with E-state index in [1.165, 1.54) is 0 Å². The van der Waals surface area contributed by atoms with E-state index in [-0.39, 0.29) is 0 Å². The number of unbranched alkanes of at least 4 members (excludes halogenated alkanes) is 4. The van der Waals surface area contributed by atoms with Crippen molar-refractivity contribution in [2.24, 2.45) is 0 Å². The molecule has 0 saturated heterocycles. The van der Waals surface area contributed by atoms with E-state index in [1.807, 2.05) is 109 Å². The van der Waals surface area contributed by atoms with Crippen LogP contribution >= 0.6 is 15.2 Å². The van der Waals surface area contributed by atoms with Gasteiger partial charge in [0, 0.05) is 11.4 Å². The van der Waals surface area contributed by atoms with Crippen LogP contribution in [0.4, 0.5) is 11.4 Å². The smallest absolute Gasteiger partial charge is 0.357 e. The van der Waals surface area contributed by atoms with E-state index in [9.17, 15) is 9.13 Å². The molecule has 0 aromatic heterocycles. The van der Waals surface area contributed by atoms with Gasteiger partial charge < -0.3 is 28.7 Å². The summed E-state index contributed by atoms with van der Waals surface area (Å²) in [5, 5.41) is 6.98. The Labute approximate surface area is 312 Å². The molecule has 4 rings (SSSR count). The normalized spacial score (nSPS) is 13.1. The van der Waals surface area contributed by atoms with Crippen LogP contribution in [0.2, 0.25) is 0 Å². The highest BCUT2D eigenvalue weighted by molar-refractivity contribution is 7.54. The zero-order valence-electron chi connectivity index (χ0n) is 31.4. The van der Waals surface area contributed by atoms with Crippen molar-refractivity contribution in [3.63, 3.8) is 0 Å². The Morgan fingerprint density at radius 1 is 0.442 bits per heavy atom. The maximum atomic E-state index is 14.4. The summed E-state index contributed by atoms with van der Waals surface area (Å²) >= 11 is 0. The maximum Gasteiger partial charge on any atom is 0.357 e. The SMILES string of the molecule is CCCCOP(=O)(OCCCC)C(Nc1ccc(-c2ccc(NC(c3ccccc3)P(=O)(OCCCC)OCCCC)cc2)cc1)c1ccccc1. The minimum absolute atomic E-state index is 0.371. The zero-order chi connectivity index (χ0) is 37.1. The Balaban J connectivity index is 1.55. The highest BCUT2D eigenvalue weighted by Gasteiger charge is 2.38. The molecule has 0 bridgehead atoms. The molecule has 4 aromatic carbocycles. The van der Waals surface area contributed by atoms with E-state index in [1.54, 1.807) is 0 Å². The van der Waals surface area contributed by atoms with Crippen LogP contribution in [-0.2, 0) is 27.2 Å². The van der Waals surface area contributed by atoms with Crippen LogP contribution in [0.15, 0.2) is 109 Å². The van der Waals surface area contributed by atoms with Gasteiger partial charge in [-0.05, 0) is 72.2 Å². The van der Waals surface area contributed by atoms with Crippen LogP contribution < -0.4 is 10.6 Å². The molecule has 0 aliphatic rings. The third kappa shape index (κ3) is 12.4. The Kier molecular flexibility index (Phi) is 17.7. The van der Waals surface area contributed by atoms with Crippen molar-refractivity contribution < 1.29 is 27.2 Å². The number of benzene rings is 4. The van der Waals surface area contributed by atoms with Gasteiger partial charge in [0.05, 0.1) is 26.4 Å². The second-order valence-corrected chi connectivity index (χ2v) is 17.1. The molecule has 0 fully saturated rings. The fourth-order valence-corrected chi connectivity index (χ4v) is 9.48. The molecule has 0 radical (unpaired) electrons. The topological polar surface area (TPSA) is 95.1 Å². The first kappa shape index (κ1) is 41.5. The van der Waals surface area contributed by atoms with Crippen LogP contribution in [0, 0.1) is 0 Å². The van der Waals surface area contributed by atoms with Gasteiger partial charge in [-0.2, -0.15) is 0 Å². The number of anilines is 2. The van der Waals surface area contributed by atoms with Crippen LogP contribution in [0.3, 0.4) is 0 Å². The monoisotopic (exact) mass is 748 g/mol. The first-order valence-corrected chi connectivity index (χ1v) is 22.2. The van der Waals surface area contributed by atoms with E-state index < -0.39 is 26.8 Å². The van der Waals surface area contributed by atoms with Crippen molar-refractivity contribution in [3.05, 3.63) is 120 Å². The molecule has 8 nitrogen and oxygen atoms in total. The van der Waals surface area contributed by atoms with Crippen LogP contribution in [0.1, 0.15) is 102 Å². The van der Waals surface area contributed by atoms with Crippen molar-refractivity contribution in [3.8, 4) is 11.1 Å². The number of rotatable bonds is 25. The third-order valence-electron chi connectivity index (χ3n) is 8.65. The number of hydrogen-bond donors (Lipinski definition) is 2. The summed E-state index contributed by atoms with van der Waals surface area (Å²) in [6.07, 6.45) is 6.96. The standard InChI is InChI=1S/C42H58N2O6P2/c1-5-9-31-47-51(45,48-32-10-6-2)41(37-19-15-13-16-20-37)43-39-27-23-35(24-28-39)36-25-29-40(30-26-36)44-42(38-21-17-14-18-22-38)52(46,49-33-11-7-3)50-34-12-8-4/h13-30,41-44H,5-12,31-34H2,1-4H3. The van der Waals surface area contributed by atoms with E-state index in [0.29, 0.717) is 26.4 Å².